The summed E-state index contributed by atoms with van der Waals surface area (Å²) in [6, 6.07) is 4.31. The summed E-state index contributed by atoms with van der Waals surface area (Å²) in [5.41, 5.74) is 1.24. The van der Waals surface area contributed by atoms with Gasteiger partial charge in [0.05, 0.1) is 0 Å². The van der Waals surface area contributed by atoms with Crippen LogP contribution in [-0.2, 0) is 0 Å². The first-order valence-electron chi connectivity index (χ1n) is 2.92. The lowest BCUT2D eigenvalue weighted by molar-refractivity contribution is 1.51. The summed E-state index contributed by atoms with van der Waals surface area (Å²) >= 11 is 6.98. The Balaban J connectivity index is 3.36. The van der Waals surface area contributed by atoms with Crippen molar-refractivity contribution in [3.8, 4) is 0 Å². The van der Waals surface area contributed by atoms with Crippen LogP contribution in [0.25, 0.3) is 6.08 Å². The van der Waals surface area contributed by atoms with Crippen LogP contribution >= 0.6 is 67.8 Å². The second kappa shape index (κ2) is 4.40. The van der Waals surface area contributed by atoms with Gasteiger partial charge < -0.3 is 0 Å². The van der Waals surface area contributed by atoms with Crippen LogP contribution in [0.5, 0.6) is 0 Å². The van der Waals surface area contributed by atoms with E-state index in [1.54, 1.807) is 0 Å². The highest BCUT2D eigenvalue weighted by atomic mass is 127. The number of hydrogen-bond donors (Lipinski definition) is 0. The molecule has 0 bridgehead atoms. The third kappa shape index (κ3) is 2.55. The molecule has 0 aliphatic rings. The smallest absolute Gasteiger partial charge is 0.0223 e. The molecule has 0 aliphatic carbocycles. The maximum Gasteiger partial charge on any atom is 0.0223 e. The SMILES string of the molecule is C=Cc1c(I)cc(I)cc1I. The van der Waals surface area contributed by atoms with Crippen LogP contribution in [0.3, 0.4) is 0 Å². The molecule has 1 aromatic rings. The molecule has 0 radical (unpaired) electrons. The summed E-state index contributed by atoms with van der Waals surface area (Å²) < 4.78 is 3.82. The third-order valence-electron chi connectivity index (χ3n) is 1.25. The van der Waals surface area contributed by atoms with E-state index in [1.807, 2.05) is 6.08 Å². The maximum atomic E-state index is 3.77. The van der Waals surface area contributed by atoms with Crippen LogP contribution < -0.4 is 0 Å². The van der Waals surface area contributed by atoms with E-state index >= 15 is 0 Å². The van der Waals surface area contributed by atoms with Crippen molar-refractivity contribution in [1.82, 2.24) is 0 Å². The van der Waals surface area contributed by atoms with Gasteiger partial charge in [-0.1, -0.05) is 12.7 Å². The van der Waals surface area contributed by atoms with Gasteiger partial charge in [-0.25, -0.2) is 0 Å². The third-order valence-corrected chi connectivity index (χ3v) is 3.66. The van der Waals surface area contributed by atoms with E-state index in [2.05, 4.69) is 86.5 Å². The van der Waals surface area contributed by atoms with Gasteiger partial charge in [0, 0.05) is 16.3 Å². The van der Waals surface area contributed by atoms with E-state index in [-0.39, 0.29) is 0 Å². The molecule has 0 nitrogen and oxygen atoms in total. The monoisotopic (exact) mass is 482 g/mol. The van der Waals surface area contributed by atoms with Gasteiger partial charge in [-0.2, -0.15) is 0 Å². The number of halogens is 3. The Morgan fingerprint density at radius 1 is 1.09 bits per heavy atom. The first-order valence-corrected chi connectivity index (χ1v) is 6.15. The molecule has 58 valence electrons. The molecule has 0 N–H and O–H groups in total. The highest BCUT2D eigenvalue weighted by Crippen LogP contribution is 2.23. The molecular formula is C8H5I3. The zero-order valence-electron chi connectivity index (χ0n) is 5.57. The van der Waals surface area contributed by atoms with Crippen LogP contribution in [0.4, 0.5) is 0 Å². The Labute approximate surface area is 107 Å². The minimum atomic E-state index is 1.24. The normalized spacial score (nSPS) is 9.73. The standard InChI is InChI=1S/C8H5I3/c1-2-6-7(10)3-5(9)4-8(6)11/h2-4H,1H2. The molecule has 11 heavy (non-hydrogen) atoms. The zero-order chi connectivity index (χ0) is 8.43. The van der Waals surface area contributed by atoms with Crippen molar-refractivity contribution in [2.75, 3.05) is 0 Å². The molecule has 0 aromatic heterocycles. The first kappa shape index (κ1) is 10.2. The molecule has 0 spiro atoms. The zero-order valence-corrected chi connectivity index (χ0v) is 12.0. The summed E-state index contributed by atoms with van der Waals surface area (Å²) in [7, 11) is 0. The number of benzene rings is 1. The van der Waals surface area contributed by atoms with Gasteiger partial charge in [-0.05, 0) is 79.9 Å². The number of rotatable bonds is 1. The molecule has 0 amide bonds. The van der Waals surface area contributed by atoms with E-state index in [1.165, 1.54) is 16.3 Å². The summed E-state index contributed by atoms with van der Waals surface area (Å²) in [4.78, 5) is 0. The Hall–Kier alpha value is 1.15. The lowest BCUT2D eigenvalue weighted by atomic mass is 10.2. The van der Waals surface area contributed by atoms with E-state index in [4.69, 9.17) is 0 Å². The fourth-order valence-corrected chi connectivity index (χ4v) is 4.77. The summed E-state index contributed by atoms with van der Waals surface area (Å²) in [6.07, 6.45) is 1.90. The lowest BCUT2D eigenvalue weighted by Crippen LogP contribution is -1.86. The predicted octanol–water partition coefficient (Wildman–Crippen LogP) is 4.14. The molecule has 0 aliphatic heterocycles. The van der Waals surface area contributed by atoms with E-state index in [9.17, 15) is 0 Å². The van der Waals surface area contributed by atoms with Crippen molar-refractivity contribution >= 4 is 73.8 Å². The van der Waals surface area contributed by atoms with Crippen molar-refractivity contribution in [2.45, 2.75) is 0 Å². The van der Waals surface area contributed by atoms with Crippen molar-refractivity contribution in [2.24, 2.45) is 0 Å². The fraction of sp³-hybridized carbons (Fsp3) is 0. The average molecular weight is 482 g/mol. The van der Waals surface area contributed by atoms with Crippen LogP contribution in [0.15, 0.2) is 18.7 Å². The van der Waals surface area contributed by atoms with Crippen molar-refractivity contribution in [3.05, 3.63) is 35.0 Å². The van der Waals surface area contributed by atoms with Gasteiger partial charge >= 0.3 is 0 Å². The molecule has 0 saturated carbocycles. The Kier molecular flexibility index (Phi) is 4.10. The Morgan fingerprint density at radius 3 is 1.91 bits per heavy atom. The lowest BCUT2D eigenvalue weighted by Gasteiger charge is -2.02. The predicted molar refractivity (Wildman–Crippen MR) is 74.7 cm³/mol. The molecule has 0 unspecified atom stereocenters. The van der Waals surface area contributed by atoms with E-state index in [0.29, 0.717) is 0 Å². The van der Waals surface area contributed by atoms with Crippen molar-refractivity contribution in [1.29, 1.82) is 0 Å². The summed E-state index contributed by atoms with van der Waals surface area (Å²) in [5, 5.41) is 0. The molecule has 0 atom stereocenters. The topological polar surface area (TPSA) is 0 Å². The average Bonchev–Trinajstić information content (AvgIpc) is 1.85. The van der Waals surface area contributed by atoms with Gasteiger partial charge in [0.15, 0.2) is 0 Å². The molecule has 0 heterocycles. The van der Waals surface area contributed by atoms with Gasteiger partial charge in [0.25, 0.3) is 0 Å². The van der Waals surface area contributed by atoms with Crippen molar-refractivity contribution < 1.29 is 0 Å². The molecular weight excluding hydrogens is 477 g/mol. The molecule has 0 saturated heterocycles. The highest BCUT2D eigenvalue weighted by Gasteiger charge is 2.01. The van der Waals surface area contributed by atoms with E-state index < -0.39 is 0 Å². The summed E-state index contributed by atoms with van der Waals surface area (Å²) in [5.74, 6) is 0. The van der Waals surface area contributed by atoms with Crippen LogP contribution in [0.1, 0.15) is 5.56 Å². The fourth-order valence-electron chi connectivity index (χ4n) is 0.748. The van der Waals surface area contributed by atoms with Crippen LogP contribution in [0, 0.1) is 10.7 Å². The Morgan fingerprint density at radius 2 is 1.55 bits per heavy atom. The molecule has 1 aromatic carbocycles. The van der Waals surface area contributed by atoms with Crippen LogP contribution in [0.2, 0.25) is 0 Å². The van der Waals surface area contributed by atoms with Gasteiger partial charge in [0.1, 0.15) is 0 Å². The second-order valence-electron chi connectivity index (χ2n) is 1.99. The van der Waals surface area contributed by atoms with Gasteiger partial charge in [-0.3, -0.25) is 0 Å². The highest BCUT2D eigenvalue weighted by molar-refractivity contribution is 14.1. The second-order valence-corrected chi connectivity index (χ2v) is 5.56. The van der Waals surface area contributed by atoms with E-state index in [0.717, 1.165) is 0 Å². The molecule has 1 rings (SSSR count). The maximum absolute atomic E-state index is 3.77. The molecule has 0 fully saturated rings. The minimum Gasteiger partial charge on any atom is -0.0984 e. The first-order chi connectivity index (χ1) is 5.15. The molecule has 3 heteroatoms. The van der Waals surface area contributed by atoms with Crippen molar-refractivity contribution in [3.63, 3.8) is 0 Å². The number of hydrogen-bond acceptors (Lipinski definition) is 0. The van der Waals surface area contributed by atoms with Gasteiger partial charge in [-0.15, -0.1) is 0 Å². The minimum absolute atomic E-state index is 1.24. The summed E-state index contributed by atoms with van der Waals surface area (Å²) in [6.45, 7) is 3.77. The van der Waals surface area contributed by atoms with Crippen LogP contribution in [-0.4, -0.2) is 0 Å². The van der Waals surface area contributed by atoms with Gasteiger partial charge in [0.2, 0.25) is 0 Å². The quantitative estimate of drug-likeness (QED) is 0.529. The Bertz CT molecular complexity index is 268. The largest absolute Gasteiger partial charge is 0.0984 e.